The van der Waals surface area contributed by atoms with Crippen molar-refractivity contribution in [2.24, 2.45) is 0 Å². The van der Waals surface area contributed by atoms with Crippen LogP contribution in [0.1, 0.15) is 42.0 Å². The topological polar surface area (TPSA) is 76.7 Å². The largest absolute Gasteiger partial charge is 0.454 e. The number of benzene rings is 2. The van der Waals surface area contributed by atoms with E-state index in [9.17, 15) is 9.59 Å². The Hall–Kier alpha value is -3.55. The van der Waals surface area contributed by atoms with Crippen molar-refractivity contribution in [3.63, 3.8) is 0 Å². The zero-order valence-electron chi connectivity index (χ0n) is 19.5. The van der Waals surface area contributed by atoms with E-state index in [2.05, 4.69) is 16.7 Å². The van der Waals surface area contributed by atoms with Gasteiger partial charge in [-0.15, -0.1) is 11.3 Å². The van der Waals surface area contributed by atoms with Crippen LogP contribution in [-0.4, -0.2) is 18.5 Å². The zero-order valence-corrected chi connectivity index (χ0v) is 21.0. The van der Waals surface area contributed by atoms with Crippen molar-refractivity contribution in [1.29, 1.82) is 0 Å². The maximum atomic E-state index is 13.7. The molecule has 2 aliphatic heterocycles. The van der Waals surface area contributed by atoms with Crippen LogP contribution in [0.3, 0.4) is 0 Å². The first-order chi connectivity index (χ1) is 17.5. The number of carbonyl (C=O) groups excluding carboxylic acids is 2. The molecule has 1 aliphatic carbocycles. The molecule has 0 bridgehead atoms. The minimum Gasteiger partial charge on any atom is -0.454 e. The Morgan fingerprint density at radius 3 is 2.67 bits per heavy atom. The minimum absolute atomic E-state index is 0.0501. The number of carbonyl (C=O) groups is 2. The number of Topliss-reactive ketones (excluding diaryl/α,β-unsaturated/α-hetero) is 1. The van der Waals surface area contributed by atoms with E-state index in [1.807, 2.05) is 36.6 Å². The van der Waals surface area contributed by atoms with Gasteiger partial charge < -0.3 is 20.1 Å². The predicted molar refractivity (Wildman–Crippen MR) is 140 cm³/mol. The Kier molecular flexibility index (Phi) is 5.82. The van der Waals surface area contributed by atoms with Gasteiger partial charge in [0.25, 0.3) is 5.91 Å². The van der Waals surface area contributed by atoms with E-state index < -0.39 is 5.92 Å². The van der Waals surface area contributed by atoms with E-state index >= 15 is 0 Å². The van der Waals surface area contributed by atoms with E-state index in [1.54, 1.807) is 35.6 Å². The standard InChI is InChI=1S/C28H23ClN2O4S/c1-15-25(28(33)31-19-7-5-18(29)6-8-19)26(16-4-9-22-23(13-16)35-14-34-22)27-20(30-15)11-17(12-21(27)32)24-3-2-10-36-24/h2-10,13,17,26,30H,11-12,14H2,1H3,(H,31,33)/t17-,26-/m1/s1. The summed E-state index contributed by atoms with van der Waals surface area (Å²) in [5.41, 5.74) is 4.20. The summed E-state index contributed by atoms with van der Waals surface area (Å²) in [6.45, 7) is 2.04. The molecule has 3 aromatic rings. The van der Waals surface area contributed by atoms with Gasteiger partial charge in [-0.25, -0.2) is 0 Å². The molecule has 1 amide bonds. The van der Waals surface area contributed by atoms with Gasteiger partial charge in [0.2, 0.25) is 6.79 Å². The Morgan fingerprint density at radius 1 is 1.08 bits per heavy atom. The fourth-order valence-corrected chi connectivity index (χ4v) is 6.18. The number of amides is 1. The molecule has 2 N–H and O–H groups in total. The molecule has 2 atom stereocenters. The second-order valence-electron chi connectivity index (χ2n) is 9.11. The highest BCUT2D eigenvalue weighted by molar-refractivity contribution is 7.10. The van der Waals surface area contributed by atoms with E-state index in [0.29, 0.717) is 46.2 Å². The van der Waals surface area contributed by atoms with Gasteiger partial charge in [0.15, 0.2) is 17.3 Å². The summed E-state index contributed by atoms with van der Waals surface area (Å²) in [5.74, 6) is 0.641. The molecule has 0 radical (unpaired) electrons. The van der Waals surface area contributed by atoms with Crippen molar-refractivity contribution in [3.05, 3.63) is 98.0 Å². The lowest BCUT2D eigenvalue weighted by atomic mass is 9.72. The number of dihydropyridines is 1. The maximum Gasteiger partial charge on any atom is 0.254 e. The van der Waals surface area contributed by atoms with Crippen molar-refractivity contribution in [2.45, 2.75) is 31.6 Å². The number of ketones is 1. The number of anilines is 1. The third-order valence-corrected chi connectivity index (χ3v) is 8.14. The average molecular weight is 519 g/mol. The first kappa shape index (κ1) is 22.9. The van der Waals surface area contributed by atoms with Gasteiger partial charge in [-0.05, 0) is 66.8 Å². The summed E-state index contributed by atoms with van der Waals surface area (Å²) < 4.78 is 11.1. The van der Waals surface area contributed by atoms with Gasteiger partial charge in [-0.3, -0.25) is 9.59 Å². The molecule has 0 spiro atoms. The molecule has 6 rings (SSSR count). The SMILES string of the molecule is CC1=C(C(=O)Nc2ccc(Cl)cc2)[C@@H](c2ccc3c(c2)OCO3)C2=C(C[C@@H](c3cccs3)CC2=O)N1. The van der Waals surface area contributed by atoms with E-state index in [-0.39, 0.29) is 24.4 Å². The molecule has 182 valence electrons. The van der Waals surface area contributed by atoms with Gasteiger partial charge in [0, 0.05) is 56.4 Å². The molecular weight excluding hydrogens is 496 g/mol. The van der Waals surface area contributed by atoms with Gasteiger partial charge in [-0.1, -0.05) is 23.7 Å². The highest BCUT2D eigenvalue weighted by Crippen LogP contribution is 2.47. The fourth-order valence-electron chi connectivity index (χ4n) is 5.22. The van der Waals surface area contributed by atoms with Gasteiger partial charge >= 0.3 is 0 Å². The Bertz CT molecular complexity index is 1430. The molecular formula is C28H23ClN2O4S. The third-order valence-electron chi connectivity index (χ3n) is 6.85. The van der Waals surface area contributed by atoms with Crippen LogP contribution >= 0.6 is 22.9 Å². The third kappa shape index (κ3) is 4.08. The van der Waals surface area contributed by atoms with E-state index in [4.69, 9.17) is 21.1 Å². The summed E-state index contributed by atoms with van der Waals surface area (Å²) in [6, 6.07) is 16.7. The number of rotatable bonds is 4. The zero-order chi connectivity index (χ0) is 24.8. The van der Waals surface area contributed by atoms with Crippen molar-refractivity contribution < 1.29 is 19.1 Å². The predicted octanol–water partition coefficient (Wildman–Crippen LogP) is 6.13. The number of hydrogen-bond acceptors (Lipinski definition) is 6. The van der Waals surface area contributed by atoms with Crippen LogP contribution in [0.15, 0.2) is 82.5 Å². The first-order valence-corrected chi connectivity index (χ1v) is 13.0. The number of thiophene rings is 1. The van der Waals surface area contributed by atoms with Crippen molar-refractivity contribution in [1.82, 2.24) is 5.32 Å². The number of nitrogens with one attached hydrogen (secondary N) is 2. The van der Waals surface area contributed by atoms with Crippen LogP contribution < -0.4 is 20.1 Å². The van der Waals surface area contributed by atoms with E-state index in [1.165, 1.54) is 4.88 Å². The van der Waals surface area contributed by atoms with Crippen LogP contribution in [0.25, 0.3) is 0 Å². The van der Waals surface area contributed by atoms with Gasteiger partial charge in [0.05, 0.1) is 0 Å². The lowest BCUT2D eigenvalue weighted by molar-refractivity contribution is -0.116. The molecule has 2 aromatic carbocycles. The molecule has 0 saturated heterocycles. The fraction of sp³-hybridized carbons (Fsp3) is 0.214. The summed E-state index contributed by atoms with van der Waals surface area (Å²) in [5, 5.41) is 9.03. The number of hydrogen-bond donors (Lipinski definition) is 2. The summed E-state index contributed by atoms with van der Waals surface area (Å²) >= 11 is 7.69. The first-order valence-electron chi connectivity index (χ1n) is 11.7. The molecule has 6 nitrogen and oxygen atoms in total. The molecule has 0 unspecified atom stereocenters. The number of fused-ring (bicyclic) bond motifs is 1. The van der Waals surface area contributed by atoms with E-state index in [0.717, 1.165) is 17.0 Å². The quantitative estimate of drug-likeness (QED) is 0.434. The molecule has 3 heterocycles. The molecule has 1 aromatic heterocycles. The van der Waals surface area contributed by atoms with Crippen molar-refractivity contribution in [2.75, 3.05) is 12.1 Å². The lowest BCUT2D eigenvalue weighted by Gasteiger charge is -2.36. The minimum atomic E-state index is -0.528. The number of ether oxygens (including phenoxy) is 2. The highest BCUT2D eigenvalue weighted by atomic mass is 35.5. The average Bonchev–Trinajstić information content (AvgIpc) is 3.56. The normalized spacial score (nSPS) is 20.8. The number of halogens is 1. The van der Waals surface area contributed by atoms with Crippen LogP contribution in [-0.2, 0) is 9.59 Å². The Morgan fingerprint density at radius 2 is 1.89 bits per heavy atom. The smallest absolute Gasteiger partial charge is 0.254 e. The molecule has 0 saturated carbocycles. The lowest BCUT2D eigenvalue weighted by Crippen LogP contribution is -2.37. The molecule has 36 heavy (non-hydrogen) atoms. The second-order valence-corrected chi connectivity index (χ2v) is 10.5. The second kappa shape index (κ2) is 9.15. The summed E-state index contributed by atoms with van der Waals surface area (Å²) in [7, 11) is 0. The van der Waals surface area contributed by atoms with Gasteiger partial charge in [0.1, 0.15) is 0 Å². The Balaban J connectivity index is 1.42. The van der Waals surface area contributed by atoms with Crippen LogP contribution in [0.5, 0.6) is 11.5 Å². The molecule has 3 aliphatic rings. The van der Waals surface area contributed by atoms with Crippen molar-refractivity contribution >= 4 is 40.3 Å². The monoisotopic (exact) mass is 518 g/mol. The number of allylic oxidation sites excluding steroid dienone is 3. The summed E-state index contributed by atoms with van der Waals surface area (Å²) in [6.07, 6.45) is 1.12. The maximum absolute atomic E-state index is 13.7. The van der Waals surface area contributed by atoms with Crippen molar-refractivity contribution in [3.8, 4) is 11.5 Å². The van der Waals surface area contributed by atoms with Crippen LogP contribution in [0.4, 0.5) is 5.69 Å². The summed E-state index contributed by atoms with van der Waals surface area (Å²) in [4.78, 5) is 28.6. The van der Waals surface area contributed by atoms with Crippen LogP contribution in [0.2, 0.25) is 5.02 Å². The molecule has 8 heteroatoms. The van der Waals surface area contributed by atoms with Crippen LogP contribution in [0, 0.1) is 0 Å². The van der Waals surface area contributed by atoms with Gasteiger partial charge in [-0.2, -0.15) is 0 Å². The Labute approximate surface area is 217 Å². The molecule has 0 fully saturated rings. The highest BCUT2D eigenvalue weighted by Gasteiger charge is 2.41.